The normalized spacial score (nSPS) is 13.6. The lowest BCUT2D eigenvalue weighted by Gasteiger charge is -2.05. The Hall–Kier alpha value is -1.54. The van der Waals surface area contributed by atoms with Crippen molar-refractivity contribution in [3.63, 3.8) is 0 Å². The Kier molecular flexibility index (Phi) is 3.42. The van der Waals surface area contributed by atoms with E-state index in [1.807, 2.05) is 6.07 Å². The third-order valence-corrected chi connectivity index (χ3v) is 2.71. The molecule has 0 aliphatic rings. The first kappa shape index (κ1) is 11.0. The molecule has 0 bridgehead atoms. The maximum Gasteiger partial charge on any atom is 0.0460 e. The summed E-state index contributed by atoms with van der Waals surface area (Å²) in [5.74, 6) is 0. The zero-order valence-corrected chi connectivity index (χ0v) is 9.83. The number of rotatable bonds is 4. The molecule has 0 saturated carbocycles. The van der Waals surface area contributed by atoms with Gasteiger partial charge in [0.15, 0.2) is 0 Å². The van der Waals surface area contributed by atoms with E-state index in [-0.39, 0.29) is 0 Å². The fourth-order valence-electron chi connectivity index (χ4n) is 1.87. The van der Waals surface area contributed by atoms with Gasteiger partial charge in [-0.1, -0.05) is 37.3 Å². The highest BCUT2D eigenvalue weighted by Gasteiger charge is 1.99. The zero-order valence-electron chi connectivity index (χ0n) is 9.83. The largest absolute Gasteiger partial charge is 0.361 e. The molecule has 0 saturated heterocycles. The van der Waals surface area contributed by atoms with E-state index >= 15 is 0 Å². The number of hydrogen-bond acceptors (Lipinski definition) is 1. The first-order valence-corrected chi connectivity index (χ1v) is 5.79. The van der Waals surface area contributed by atoms with Crippen LogP contribution in [0.5, 0.6) is 0 Å². The van der Waals surface area contributed by atoms with Crippen LogP contribution in [0, 0.1) is 0 Å². The number of likely N-dealkylation sites (N-methyl/N-ethyl adjacent to an activating group) is 1. The van der Waals surface area contributed by atoms with E-state index in [1.54, 1.807) is 0 Å². The highest BCUT2D eigenvalue weighted by molar-refractivity contribution is 5.88. The van der Waals surface area contributed by atoms with Crippen molar-refractivity contribution >= 4 is 17.0 Å². The lowest BCUT2D eigenvalue weighted by Crippen LogP contribution is -2.22. The third-order valence-electron chi connectivity index (χ3n) is 2.71. The van der Waals surface area contributed by atoms with Crippen molar-refractivity contribution < 1.29 is 0 Å². The molecule has 1 unspecified atom stereocenters. The van der Waals surface area contributed by atoms with Crippen molar-refractivity contribution in [2.75, 3.05) is 6.54 Å². The van der Waals surface area contributed by atoms with Gasteiger partial charge in [-0.3, -0.25) is 0 Å². The molecule has 0 aliphatic heterocycles. The summed E-state index contributed by atoms with van der Waals surface area (Å²) in [6.45, 7) is 5.28. The van der Waals surface area contributed by atoms with Crippen LogP contribution < -0.4 is 5.32 Å². The number of H-pyrrole nitrogens is 1. The molecular formula is C14H18N2. The van der Waals surface area contributed by atoms with Gasteiger partial charge in [0.2, 0.25) is 0 Å². The van der Waals surface area contributed by atoms with Gasteiger partial charge in [-0.25, -0.2) is 0 Å². The predicted molar refractivity (Wildman–Crippen MR) is 70.5 cm³/mol. The topological polar surface area (TPSA) is 27.8 Å². The second kappa shape index (κ2) is 4.99. The van der Waals surface area contributed by atoms with E-state index < -0.39 is 0 Å². The molecule has 0 amide bonds. The minimum absolute atomic E-state index is 0.415. The Morgan fingerprint density at radius 1 is 1.38 bits per heavy atom. The lowest BCUT2D eigenvalue weighted by molar-refractivity contribution is 0.663. The van der Waals surface area contributed by atoms with Crippen LogP contribution in [-0.4, -0.2) is 17.6 Å². The van der Waals surface area contributed by atoms with Crippen LogP contribution in [-0.2, 0) is 0 Å². The van der Waals surface area contributed by atoms with Gasteiger partial charge in [0.1, 0.15) is 0 Å². The molecule has 2 heteroatoms. The summed E-state index contributed by atoms with van der Waals surface area (Å²) in [5, 5.41) is 4.64. The quantitative estimate of drug-likeness (QED) is 0.803. The molecule has 84 valence electrons. The average molecular weight is 214 g/mol. The number of aromatic amines is 1. The predicted octanol–water partition coefficient (Wildman–Crippen LogP) is 3.18. The van der Waals surface area contributed by atoms with Gasteiger partial charge < -0.3 is 10.3 Å². The number of fused-ring (bicyclic) bond motifs is 1. The van der Waals surface area contributed by atoms with Crippen molar-refractivity contribution in [1.82, 2.24) is 10.3 Å². The van der Waals surface area contributed by atoms with Gasteiger partial charge in [-0.2, -0.15) is 0 Å². The minimum atomic E-state index is 0.415. The lowest BCUT2D eigenvalue weighted by atomic mass is 10.1. The van der Waals surface area contributed by atoms with Crippen molar-refractivity contribution in [3.8, 4) is 0 Å². The second-order valence-corrected chi connectivity index (χ2v) is 4.00. The van der Waals surface area contributed by atoms with Crippen molar-refractivity contribution in [2.24, 2.45) is 0 Å². The molecule has 1 aromatic carbocycles. The Balaban J connectivity index is 2.21. The molecule has 2 rings (SSSR count). The van der Waals surface area contributed by atoms with Gasteiger partial charge in [0.05, 0.1) is 0 Å². The summed E-state index contributed by atoms with van der Waals surface area (Å²) < 4.78 is 0. The molecule has 16 heavy (non-hydrogen) atoms. The van der Waals surface area contributed by atoms with Crippen molar-refractivity contribution in [2.45, 2.75) is 19.9 Å². The maximum absolute atomic E-state index is 3.36. The zero-order chi connectivity index (χ0) is 11.4. The van der Waals surface area contributed by atoms with Crippen molar-refractivity contribution in [3.05, 3.63) is 42.1 Å². The Labute approximate surface area is 96.4 Å². The number of aromatic nitrogens is 1. The minimum Gasteiger partial charge on any atom is -0.361 e. The molecule has 1 heterocycles. The number of benzene rings is 1. The van der Waals surface area contributed by atoms with Crippen LogP contribution in [0.3, 0.4) is 0 Å². The van der Waals surface area contributed by atoms with Crippen LogP contribution in [0.25, 0.3) is 17.0 Å². The van der Waals surface area contributed by atoms with E-state index in [0.29, 0.717) is 6.04 Å². The van der Waals surface area contributed by atoms with Crippen molar-refractivity contribution in [1.29, 1.82) is 0 Å². The summed E-state index contributed by atoms with van der Waals surface area (Å²) >= 11 is 0. The van der Waals surface area contributed by atoms with Gasteiger partial charge in [-0.15, -0.1) is 0 Å². The van der Waals surface area contributed by atoms with E-state index in [2.05, 4.69) is 60.7 Å². The highest BCUT2D eigenvalue weighted by Crippen LogP contribution is 2.18. The second-order valence-electron chi connectivity index (χ2n) is 4.00. The maximum atomic E-state index is 3.36. The number of nitrogens with one attached hydrogen (secondary N) is 2. The standard InChI is InChI=1S/C14H18N2/c1-3-15-11(2)8-9-12-10-16-14-7-5-4-6-13(12)14/h4-11,15-16H,3H2,1-2H3/b9-8+. The average Bonchev–Trinajstić information content (AvgIpc) is 2.70. The molecule has 2 aromatic rings. The molecule has 0 radical (unpaired) electrons. The SMILES string of the molecule is CCNC(C)/C=C/c1c[nH]c2ccccc12. The van der Waals surface area contributed by atoms with Crippen LogP contribution in [0.15, 0.2) is 36.5 Å². The molecule has 1 aromatic heterocycles. The fourth-order valence-corrected chi connectivity index (χ4v) is 1.87. The van der Waals surface area contributed by atoms with Crippen LogP contribution in [0.2, 0.25) is 0 Å². The molecule has 0 spiro atoms. The smallest absolute Gasteiger partial charge is 0.0460 e. The van der Waals surface area contributed by atoms with Crippen LogP contribution >= 0.6 is 0 Å². The molecular weight excluding hydrogens is 196 g/mol. The molecule has 2 nitrogen and oxygen atoms in total. The first-order valence-electron chi connectivity index (χ1n) is 5.79. The van der Waals surface area contributed by atoms with Gasteiger partial charge in [0, 0.05) is 23.1 Å². The number of hydrogen-bond donors (Lipinski definition) is 2. The van der Waals surface area contributed by atoms with E-state index in [4.69, 9.17) is 0 Å². The summed E-state index contributed by atoms with van der Waals surface area (Å²) in [5.41, 5.74) is 2.44. The first-order chi connectivity index (χ1) is 7.81. The fraction of sp³-hybridized carbons (Fsp3) is 0.286. The monoisotopic (exact) mass is 214 g/mol. The molecule has 0 aliphatic carbocycles. The Morgan fingerprint density at radius 3 is 3.00 bits per heavy atom. The van der Waals surface area contributed by atoms with E-state index in [0.717, 1.165) is 6.54 Å². The van der Waals surface area contributed by atoms with Gasteiger partial charge in [-0.05, 0) is 25.1 Å². The summed E-state index contributed by atoms with van der Waals surface area (Å²) in [6, 6.07) is 8.78. The number of para-hydroxylation sites is 1. The van der Waals surface area contributed by atoms with E-state index in [1.165, 1.54) is 16.5 Å². The third kappa shape index (κ3) is 2.34. The summed E-state index contributed by atoms with van der Waals surface area (Å²) in [4.78, 5) is 3.27. The van der Waals surface area contributed by atoms with Gasteiger partial charge >= 0.3 is 0 Å². The van der Waals surface area contributed by atoms with Crippen LogP contribution in [0.1, 0.15) is 19.4 Å². The molecule has 0 fully saturated rings. The van der Waals surface area contributed by atoms with Crippen LogP contribution in [0.4, 0.5) is 0 Å². The Morgan fingerprint density at radius 2 is 2.19 bits per heavy atom. The molecule has 1 atom stereocenters. The van der Waals surface area contributed by atoms with Gasteiger partial charge in [0.25, 0.3) is 0 Å². The highest BCUT2D eigenvalue weighted by atomic mass is 14.9. The Bertz CT molecular complexity index is 482. The summed E-state index contributed by atoms with van der Waals surface area (Å²) in [7, 11) is 0. The summed E-state index contributed by atoms with van der Waals surface area (Å²) in [6.07, 6.45) is 6.42. The van der Waals surface area contributed by atoms with E-state index in [9.17, 15) is 0 Å². The molecule has 2 N–H and O–H groups in total.